The van der Waals surface area contributed by atoms with E-state index in [4.69, 9.17) is 14.2 Å². The Bertz CT molecular complexity index is 1530. The smallest absolute Gasteiger partial charge is 0.265 e. The molecule has 198 valence electrons. The molecule has 1 N–H and O–H groups in total. The van der Waals surface area contributed by atoms with Crippen LogP contribution >= 0.6 is 0 Å². The second-order valence-electron chi connectivity index (χ2n) is 9.10. The van der Waals surface area contributed by atoms with Gasteiger partial charge < -0.3 is 19.3 Å². The molecule has 0 aliphatic rings. The van der Waals surface area contributed by atoms with Gasteiger partial charge in [-0.2, -0.15) is 4.98 Å². The van der Waals surface area contributed by atoms with Crippen LogP contribution < -0.4 is 20.6 Å². The minimum absolute atomic E-state index is 0.0120. The van der Waals surface area contributed by atoms with Gasteiger partial charge in [-0.1, -0.05) is 24.3 Å². The Kier molecular flexibility index (Phi) is 7.97. The molecule has 9 nitrogen and oxygen atoms in total. The molecule has 0 saturated carbocycles. The lowest BCUT2D eigenvalue weighted by Gasteiger charge is -2.20. The molecule has 38 heavy (non-hydrogen) atoms. The van der Waals surface area contributed by atoms with E-state index >= 15 is 0 Å². The highest BCUT2D eigenvalue weighted by Crippen LogP contribution is 2.33. The fourth-order valence-electron chi connectivity index (χ4n) is 4.14. The van der Waals surface area contributed by atoms with Gasteiger partial charge in [0.25, 0.3) is 11.1 Å². The molecule has 0 spiro atoms. The third-order valence-electron chi connectivity index (χ3n) is 6.05. The van der Waals surface area contributed by atoms with Gasteiger partial charge in [0.05, 0.1) is 25.9 Å². The lowest BCUT2D eigenvalue weighted by Crippen LogP contribution is -2.28. The van der Waals surface area contributed by atoms with Gasteiger partial charge in [-0.25, -0.2) is 0 Å². The number of aromatic nitrogens is 3. The minimum atomic E-state index is -0.471. The SMILES string of the molecule is COc1cccc(OC)c1-n1c(COC(C)C)nc(O)c(Cc2ccc(-n3cc(C)ccc3=O)cc2)c1=O. The van der Waals surface area contributed by atoms with E-state index in [9.17, 15) is 14.7 Å². The predicted octanol–water partition coefficient (Wildman–Crippen LogP) is 3.93. The number of hydrogen-bond acceptors (Lipinski definition) is 7. The summed E-state index contributed by atoms with van der Waals surface area (Å²) in [5, 5.41) is 10.8. The summed E-state index contributed by atoms with van der Waals surface area (Å²) in [5.74, 6) is 0.649. The maximum atomic E-state index is 13.9. The van der Waals surface area contributed by atoms with Crippen molar-refractivity contribution in [2.24, 2.45) is 0 Å². The number of nitrogens with zero attached hydrogens (tertiary/aromatic N) is 3. The van der Waals surface area contributed by atoms with Crippen molar-refractivity contribution in [2.45, 2.75) is 39.9 Å². The largest absolute Gasteiger partial charge is 0.494 e. The summed E-state index contributed by atoms with van der Waals surface area (Å²) in [6, 6.07) is 15.7. The Labute approximate surface area is 220 Å². The summed E-state index contributed by atoms with van der Waals surface area (Å²) >= 11 is 0. The normalized spacial score (nSPS) is 11.1. The molecule has 2 heterocycles. The highest BCUT2D eigenvalue weighted by Gasteiger charge is 2.23. The molecule has 0 saturated heterocycles. The van der Waals surface area contributed by atoms with E-state index in [1.165, 1.54) is 24.9 Å². The predicted molar refractivity (Wildman–Crippen MR) is 144 cm³/mol. The second-order valence-corrected chi connectivity index (χ2v) is 9.10. The van der Waals surface area contributed by atoms with Crippen LogP contribution in [0, 0.1) is 6.92 Å². The highest BCUT2D eigenvalue weighted by atomic mass is 16.5. The Morgan fingerprint density at radius 3 is 2.21 bits per heavy atom. The third-order valence-corrected chi connectivity index (χ3v) is 6.05. The number of hydrogen-bond donors (Lipinski definition) is 1. The van der Waals surface area contributed by atoms with E-state index in [0.29, 0.717) is 22.9 Å². The molecular weight excluding hydrogens is 486 g/mol. The standard InChI is InChI=1S/C29H31N3O6/c1-18(2)38-17-25-30-28(34)22(29(35)32(25)27-23(36-4)7-6-8-24(27)37-5)15-20-10-12-21(13-11-20)31-16-19(3)9-14-26(31)33/h6-14,16,18,34H,15,17H2,1-5H3. The maximum absolute atomic E-state index is 13.9. The van der Waals surface area contributed by atoms with Crippen LogP contribution in [0.1, 0.15) is 36.4 Å². The number of benzene rings is 2. The van der Waals surface area contributed by atoms with E-state index in [0.717, 1.165) is 11.1 Å². The molecule has 4 aromatic rings. The van der Waals surface area contributed by atoms with E-state index in [2.05, 4.69) is 4.98 Å². The second kappa shape index (κ2) is 11.4. The summed E-state index contributed by atoms with van der Waals surface area (Å²) in [6.07, 6.45) is 1.76. The van der Waals surface area contributed by atoms with E-state index in [-0.39, 0.29) is 42.0 Å². The van der Waals surface area contributed by atoms with Crippen LogP contribution in [-0.4, -0.2) is 39.5 Å². The van der Waals surface area contributed by atoms with Gasteiger partial charge in [0.2, 0.25) is 5.88 Å². The van der Waals surface area contributed by atoms with Crippen molar-refractivity contribution in [1.82, 2.24) is 14.1 Å². The van der Waals surface area contributed by atoms with Gasteiger partial charge in [-0.05, 0) is 56.2 Å². The van der Waals surface area contributed by atoms with E-state index in [1.54, 1.807) is 47.2 Å². The van der Waals surface area contributed by atoms with Crippen LogP contribution in [0.25, 0.3) is 11.4 Å². The Morgan fingerprint density at radius 2 is 1.61 bits per heavy atom. The van der Waals surface area contributed by atoms with Crippen LogP contribution in [-0.2, 0) is 17.8 Å². The summed E-state index contributed by atoms with van der Waals surface area (Å²) in [5.41, 5.74) is 2.27. The first-order chi connectivity index (χ1) is 18.2. The van der Waals surface area contributed by atoms with Crippen molar-refractivity contribution in [3.8, 4) is 28.8 Å². The summed E-state index contributed by atoms with van der Waals surface area (Å²) in [4.78, 5) is 30.6. The first kappa shape index (κ1) is 26.7. The van der Waals surface area contributed by atoms with Crippen molar-refractivity contribution in [2.75, 3.05) is 14.2 Å². The summed E-state index contributed by atoms with van der Waals surface area (Å²) in [7, 11) is 3.01. The molecule has 2 aromatic carbocycles. The number of rotatable bonds is 9. The summed E-state index contributed by atoms with van der Waals surface area (Å²) in [6.45, 7) is 5.64. The van der Waals surface area contributed by atoms with Gasteiger partial charge in [0, 0.05) is 24.4 Å². The first-order valence-electron chi connectivity index (χ1n) is 12.2. The zero-order valence-electron chi connectivity index (χ0n) is 22.1. The third kappa shape index (κ3) is 5.47. The number of aryl methyl sites for hydroxylation is 1. The fraction of sp³-hybridized carbons (Fsp3) is 0.276. The fourth-order valence-corrected chi connectivity index (χ4v) is 4.14. The average Bonchev–Trinajstić information content (AvgIpc) is 2.91. The van der Waals surface area contributed by atoms with Crippen LogP contribution in [0.2, 0.25) is 0 Å². The molecule has 0 atom stereocenters. The van der Waals surface area contributed by atoms with Gasteiger partial charge in [0.1, 0.15) is 29.6 Å². The molecule has 4 rings (SSSR count). The molecule has 0 bridgehead atoms. The van der Waals surface area contributed by atoms with Crippen LogP contribution in [0.15, 0.2) is 70.4 Å². The molecule has 0 radical (unpaired) electrons. The Morgan fingerprint density at radius 1 is 0.947 bits per heavy atom. The molecule has 0 amide bonds. The monoisotopic (exact) mass is 517 g/mol. The highest BCUT2D eigenvalue weighted by molar-refractivity contribution is 5.58. The van der Waals surface area contributed by atoms with Crippen molar-refractivity contribution >= 4 is 0 Å². The molecule has 0 unspecified atom stereocenters. The van der Waals surface area contributed by atoms with Crippen LogP contribution in [0.3, 0.4) is 0 Å². The lowest BCUT2D eigenvalue weighted by molar-refractivity contribution is 0.0594. The number of ether oxygens (including phenoxy) is 3. The maximum Gasteiger partial charge on any atom is 0.265 e. The number of methoxy groups -OCH3 is 2. The van der Waals surface area contributed by atoms with Crippen molar-refractivity contribution < 1.29 is 19.3 Å². The molecule has 9 heteroatoms. The number of para-hydroxylation sites is 1. The average molecular weight is 518 g/mol. The van der Waals surface area contributed by atoms with Crippen molar-refractivity contribution in [3.05, 3.63) is 104 Å². The number of aromatic hydroxyl groups is 1. The topological polar surface area (TPSA) is 105 Å². The molecule has 0 aliphatic heterocycles. The van der Waals surface area contributed by atoms with E-state index in [1.807, 2.05) is 32.9 Å². The van der Waals surface area contributed by atoms with Crippen LogP contribution in [0.5, 0.6) is 17.4 Å². The van der Waals surface area contributed by atoms with Gasteiger partial charge in [-0.3, -0.25) is 18.7 Å². The van der Waals surface area contributed by atoms with Gasteiger partial charge in [0.15, 0.2) is 0 Å². The quantitative estimate of drug-likeness (QED) is 0.359. The lowest BCUT2D eigenvalue weighted by atomic mass is 10.1. The Hall–Kier alpha value is -4.37. The first-order valence-corrected chi connectivity index (χ1v) is 12.2. The zero-order valence-corrected chi connectivity index (χ0v) is 22.1. The van der Waals surface area contributed by atoms with Crippen molar-refractivity contribution in [3.63, 3.8) is 0 Å². The molecule has 0 fully saturated rings. The van der Waals surface area contributed by atoms with Crippen molar-refractivity contribution in [1.29, 1.82) is 0 Å². The number of pyridine rings is 1. The van der Waals surface area contributed by atoms with Gasteiger partial charge in [-0.15, -0.1) is 0 Å². The molecule has 0 aliphatic carbocycles. The Balaban J connectivity index is 1.81. The molecular formula is C29H31N3O6. The molecule has 2 aromatic heterocycles. The zero-order chi connectivity index (χ0) is 27.4. The van der Waals surface area contributed by atoms with E-state index < -0.39 is 5.56 Å². The summed E-state index contributed by atoms with van der Waals surface area (Å²) < 4.78 is 19.7. The van der Waals surface area contributed by atoms with Crippen LogP contribution in [0.4, 0.5) is 0 Å². The minimum Gasteiger partial charge on any atom is -0.494 e. The van der Waals surface area contributed by atoms with Gasteiger partial charge >= 0.3 is 0 Å².